The summed E-state index contributed by atoms with van der Waals surface area (Å²) in [7, 11) is 0. The molecule has 0 bridgehead atoms. The van der Waals surface area contributed by atoms with E-state index in [9.17, 15) is 24.3 Å². The van der Waals surface area contributed by atoms with E-state index in [4.69, 9.17) is 23.7 Å². The van der Waals surface area contributed by atoms with Gasteiger partial charge in [0, 0.05) is 44.9 Å². The summed E-state index contributed by atoms with van der Waals surface area (Å²) in [5, 5.41) is 11.4. The molecule has 10 unspecified atom stereocenters. The van der Waals surface area contributed by atoms with Crippen molar-refractivity contribution in [3.8, 4) is 0 Å². The number of cyclic esters (lactones) is 1. The van der Waals surface area contributed by atoms with Crippen molar-refractivity contribution in [2.24, 2.45) is 17.8 Å². The van der Waals surface area contributed by atoms with E-state index < -0.39 is 41.9 Å². The van der Waals surface area contributed by atoms with Crippen LogP contribution in [0.15, 0.2) is 36.0 Å². The van der Waals surface area contributed by atoms with E-state index in [-0.39, 0.29) is 61.4 Å². The maximum Gasteiger partial charge on any atom is 0.410 e. The molecule has 52 heavy (non-hydrogen) atoms. The van der Waals surface area contributed by atoms with Crippen molar-refractivity contribution < 1.29 is 48.0 Å². The highest BCUT2D eigenvalue weighted by Crippen LogP contribution is 2.37. The summed E-state index contributed by atoms with van der Waals surface area (Å²) in [6, 6.07) is 0. The van der Waals surface area contributed by atoms with E-state index in [1.54, 1.807) is 24.0 Å². The molecule has 0 radical (unpaired) electrons. The molecule has 0 aromatic rings. The summed E-state index contributed by atoms with van der Waals surface area (Å²) in [6.45, 7) is 22.5. The van der Waals surface area contributed by atoms with Gasteiger partial charge in [-0.1, -0.05) is 52.0 Å². The highest BCUT2D eigenvalue weighted by atomic mass is 16.6. The number of epoxide rings is 1. The Morgan fingerprint density at radius 2 is 1.62 bits per heavy atom. The van der Waals surface area contributed by atoms with Crippen LogP contribution < -0.4 is 0 Å². The summed E-state index contributed by atoms with van der Waals surface area (Å²) in [5.74, 6) is -1.15. The van der Waals surface area contributed by atoms with Crippen LogP contribution in [0.4, 0.5) is 9.59 Å². The molecule has 0 aromatic heterocycles. The van der Waals surface area contributed by atoms with E-state index in [0.29, 0.717) is 32.6 Å². The molecule has 296 valence electrons. The zero-order valence-corrected chi connectivity index (χ0v) is 33.5. The Kier molecular flexibility index (Phi) is 18.4. The second-order valence-electron chi connectivity index (χ2n) is 14.5. The van der Waals surface area contributed by atoms with Crippen molar-refractivity contribution in [1.82, 2.24) is 9.80 Å². The van der Waals surface area contributed by atoms with Crippen LogP contribution in [0, 0.1) is 17.8 Å². The molecular weight excluding hydrogens is 668 g/mol. The Morgan fingerprint density at radius 3 is 2.19 bits per heavy atom. The molecule has 2 amide bonds. The Labute approximate surface area is 311 Å². The molecule has 1 fully saturated rings. The molecule has 2 aliphatic rings. The molecule has 1 N–H and O–H groups in total. The summed E-state index contributed by atoms with van der Waals surface area (Å²) >= 11 is 0. The summed E-state index contributed by atoms with van der Waals surface area (Å²) < 4.78 is 29.1. The number of hydrogen-bond donors (Lipinski definition) is 1. The van der Waals surface area contributed by atoms with Crippen LogP contribution in [0.3, 0.4) is 0 Å². The normalized spacial score (nSPS) is 28.8. The van der Waals surface area contributed by atoms with Gasteiger partial charge in [0.1, 0.15) is 30.0 Å². The van der Waals surface area contributed by atoms with E-state index in [0.717, 1.165) is 12.0 Å². The van der Waals surface area contributed by atoms with Gasteiger partial charge in [-0.05, 0) is 84.8 Å². The Hall–Kier alpha value is -3.38. The number of aliphatic hydroxyl groups is 1. The molecule has 2 rings (SSSR count). The third kappa shape index (κ3) is 13.9. The van der Waals surface area contributed by atoms with E-state index >= 15 is 0 Å². The number of rotatable bonds is 15. The zero-order valence-electron chi connectivity index (χ0n) is 33.5. The Bertz CT molecular complexity index is 1250. The monoisotopic (exact) mass is 734 g/mol. The zero-order chi connectivity index (χ0) is 39.2. The number of carbonyl (C=O) groups is 4. The lowest BCUT2D eigenvalue weighted by molar-refractivity contribution is -0.157. The summed E-state index contributed by atoms with van der Waals surface area (Å²) in [6.07, 6.45) is 7.51. The standard InChI is InChI=1S/C40H66N2O10/c1-12-32(51-39(46)42(15-4)16-5)29(9)37-33(50-37)24-26(6)18-17-19-27(7)36-28(8)20-21-34(48-30(10)43)40(11,47)23-22-31(25-35(44)52-36)49-38(45)41(13-2)14-3/h17-21,26,28-29,31-34,36-37,47H,12-16,22-25H2,1-11H3. The van der Waals surface area contributed by atoms with Gasteiger partial charge in [-0.15, -0.1) is 0 Å². The molecule has 12 heteroatoms. The highest BCUT2D eigenvalue weighted by molar-refractivity contribution is 5.72. The van der Waals surface area contributed by atoms with Gasteiger partial charge in [-0.3, -0.25) is 9.59 Å². The van der Waals surface area contributed by atoms with Gasteiger partial charge in [0.2, 0.25) is 0 Å². The smallest absolute Gasteiger partial charge is 0.410 e. The molecule has 0 spiro atoms. The minimum atomic E-state index is -1.49. The summed E-state index contributed by atoms with van der Waals surface area (Å²) in [5.41, 5.74) is -0.701. The maximum atomic E-state index is 13.3. The fourth-order valence-corrected chi connectivity index (χ4v) is 6.62. The van der Waals surface area contributed by atoms with Crippen molar-refractivity contribution in [3.63, 3.8) is 0 Å². The minimum absolute atomic E-state index is 0.0255. The van der Waals surface area contributed by atoms with Crippen LogP contribution in [0.5, 0.6) is 0 Å². The van der Waals surface area contributed by atoms with Crippen molar-refractivity contribution >= 4 is 24.1 Å². The third-order valence-electron chi connectivity index (χ3n) is 10.1. The van der Waals surface area contributed by atoms with Crippen LogP contribution >= 0.6 is 0 Å². The van der Waals surface area contributed by atoms with Crippen LogP contribution in [0.2, 0.25) is 0 Å². The largest absolute Gasteiger partial charge is 0.457 e. The molecule has 0 aliphatic carbocycles. The van der Waals surface area contributed by atoms with Gasteiger partial charge >= 0.3 is 24.1 Å². The predicted octanol–water partition coefficient (Wildman–Crippen LogP) is 6.99. The van der Waals surface area contributed by atoms with Gasteiger partial charge in [0.25, 0.3) is 0 Å². The third-order valence-corrected chi connectivity index (χ3v) is 10.1. The van der Waals surface area contributed by atoms with Crippen molar-refractivity contribution in [1.29, 1.82) is 0 Å². The van der Waals surface area contributed by atoms with Crippen molar-refractivity contribution in [2.45, 2.75) is 150 Å². The quantitative estimate of drug-likeness (QED) is 0.0614. The first-order valence-corrected chi connectivity index (χ1v) is 19.2. The molecule has 1 saturated heterocycles. The van der Waals surface area contributed by atoms with Gasteiger partial charge in [-0.2, -0.15) is 0 Å². The molecule has 0 saturated carbocycles. The van der Waals surface area contributed by atoms with Crippen LogP contribution in [0.1, 0.15) is 108 Å². The number of carbonyl (C=O) groups excluding carboxylic acids is 4. The van der Waals surface area contributed by atoms with Crippen LogP contribution in [-0.2, 0) is 33.3 Å². The highest BCUT2D eigenvalue weighted by Gasteiger charge is 2.46. The fraction of sp³-hybridized carbons (Fsp3) is 0.750. The van der Waals surface area contributed by atoms with E-state index in [1.807, 2.05) is 60.6 Å². The first kappa shape index (κ1) is 44.8. The second kappa shape index (κ2) is 21.4. The van der Waals surface area contributed by atoms with Crippen LogP contribution in [0.25, 0.3) is 0 Å². The number of esters is 2. The van der Waals surface area contributed by atoms with Gasteiger partial charge in [0.15, 0.2) is 0 Å². The predicted molar refractivity (Wildman–Crippen MR) is 199 cm³/mol. The Morgan fingerprint density at radius 1 is 1.00 bits per heavy atom. The maximum absolute atomic E-state index is 13.3. The molecule has 0 aromatic carbocycles. The van der Waals surface area contributed by atoms with Gasteiger partial charge < -0.3 is 38.6 Å². The lowest BCUT2D eigenvalue weighted by Crippen LogP contribution is -2.43. The topological polar surface area (TPSA) is 144 Å². The van der Waals surface area contributed by atoms with Crippen molar-refractivity contribution in [3.05, 3.63) is 36.0 Å². The molecule has 10 atom stereocenters. The summed E-state index contributed by atoms with van der Waals surface area (Å²) in [4.78, 5) is 53.9. The molecule has 2 heterocycles. The van der Waals surface area contributed by atoms with E-state index in [2.05, 4.69) is 19.9 Å². The first-order chi connectivity index (χ1) is 24.5. The average molecular weight is 735 g/mol. The second-order valence-corrected chi connectivity index (χ2v) is 14.5. The van der Waals surface area contributed by atoms with E-state index in [1.165, 1.54) is 11.8 Å². The average Bonchev–Trinajstić information content (AvgIpc) is 3.85. The lowest BCUT2D eigenvalue weighted by Gasteiger charge is -2.33. The van der Waals surface area contributed by atoms with Crippen LogP contribution in [-0.4, -0.2) is 107 Å². The molecule has 2 aliphatic heterocycles. The number of ether oxygens (including phenoxy) is 5. The Balaban J connectivity index is 2.19. The first-order valence-electron chi connectivity index (χ1n) is 19.2. The molecular formula is C40H66N2O10. The van der Waals surface area contributed by atoms with Gasteiger partial charge in [0.05, 0.1) is 18.6 Å². The number of hydrogen-bond acceptors (Lipinski definition) is 10. The van der Waals surface area contributed by atoms with Crippen molar-refractivity contribution in [2.75, 3.05) is 26.2 Å². The fourth-order valence-electron chi connectivity index (χ4n) is 6.62. The number of amides is 2. The van der Waals surface area contributed by atoms with Gasteiger partial charge in [-0.25, -0.2) is 9.59 Å². The minimum Gasteiger partial charge on any atom is -0.457 e. The number of nitrogens with zero attached hydrogens (tertiary/aromatic N) is 2. The lowest BCUT2D eigenvalue weighted by atomic mass is 9.88. The SMILES string of the molecule is CCC(OC(=O)N(CC)CC)C(C)C1OC1CC(C)C=CC=C(C)C1OC(=O)CC(OC(=O)N(CC)CC)CCC(C)(O)C(OC(C)=O)C=CC1C. The number of allylic oxidation sites excluding steroid dienone is 3. The molecule has 12 nitrogen and oxygen atoms in total.